The van der Waals surface area contributed by atoms with Crippen LogP contribution in [0, 0.1) is 0 Å². The first-order valence-electron chi connectivity index (χ1n) is 11.8. The number of thioether (sulfide) groups is 1. The Labute approximate surface area is 250 Å². The summed E-state index contributed by atoms with van der Waals surface area (Å²) in [5.74, 6) is -1.85. The van der Waals surface area contributed by atoms with Crippen LogP contribution in [-0.2, 0) is 23.9 Å². The Bertz CT molecular complexity index is 1380. The predicted molar refractivity (Wildman–Crippen MR) is 159 cm³/mol. The summed E-state index contributed by atoms with van der Waals surface area (Å²) in [6.45, 7) is 0. The number of aliphatic imine (C=N–C) groups is 1. The molecular formula is C27H25Cl3N4O5S. The number of amides is 1. The van der Waals surface area contributed by atoms with E-state index >= 15 is 0 Å². The van der Waals surface area contributed by atoms with Crippen molar-refractivity contribution in [1.82, 2.24) is 15.6 Å². The standard InChI is InChI=1S/C27H25Cl3N4O5S/c1-38-22(36)14-15-23(37)39-17-40-26(32-20-11-5-9-19-10-6-16-31-24(19)20)34-25(27(28,29)30)33-21(35)13-12-18-7-3-2-4-8-18/h2-13,16,25H,14-15,17H2,1H3,(H,32,34)(H,33,35)/b13-12+. The van der Waals surface area contributed by atoms with Crippen molar-refractivity contribution in [3.05, 3.63) is 78.5 Å². The lowest BCUT2D eigenvalue weighted by molar-refractivity contribution is -0.147. The number of pyridine rings is 1. The molecule has 0 fully saturated rings. The van der Waals surface area contributed by atoms with E-state index in [0.717, 1.165) is 22.7 Å². The third-order valence-corrected chi connectivity index (χ3v) is 6.49. The molecule has 1 atom stereocenters. The van der Waals surface area contributed by atoms with Crippen LogP contribution in [0.1, 0.15) is 18.4 Å². The largest absolute Gasteiger partial charge is 0.469 e. The van der Waals surface area contributed by atoms with Gasteiger partial charge in [-0.05, 0) is 35.5 Å². The van der Waals surface area contributed by atoms with Gasteiger partial charge in [0.25, 0.3) is 0 Å². The van der Waals surface area contributed by atoms with Crippen molar-refractivity contribution in [2.75, 3.05) is 13.0 Å². The Hall–Kier alpha value is -3.31. The number of rotatable bonds is 10. The Morgan fingerprint density at radius 2 is 1.73 bits per heavy atom. The fourth-order valence-electron chi connectivity index (χ4n) is 3.17. The van der Waals surface area contributed by atoms with E-state index in [-0.39, 0.29) is 23.9 Å². The number of carbonyl (C=O) groups is 3. The molecule has 210 valence electrons. The number of halogens is 3. The molecule has 0 spiro atoms. The number of hydrogen-bond acceptors (Lipinski definition) is 8. The normalized spacial score (nSPS) is 12.7. The number of aromatic nitrogens is 1. The summed E-state index contributed by atoms with van der Waals surface area (Å²) >= 11 is 19.6. The van der Waals surface area contributed by atoms with E-state index in [1.54, 1.807) is 30.5 Å². The minimum atomic E-state index is -1.99. The van der Waals surface area contributed by atoms with E-state index < -0.39 is 27.8 Å². The van der Waals surface area contributed by atoms with Gasteiger partial charge in [-0.1, -0.05) is 83.3 Å². The molecule has 0 saturated carbocycles. The topological polar surface area (TPSA) is 119 Å². The van der Waals surface area contributed by atoms with Crippen molar-refractivity contribution in [1.29, 1.82) is 0 Å². The van der Waals surface area contributed by atoms with Crippen molar-refractivity contribution in [2.45, 2.75) is 22.8 Å². The molecule has 1 unspecified atom stereocenters. The Kier molecular flexibility index (Phi) is 12.1. The van der Waals surface area contributed by atoms with Crippen molar-refractivity contribution < 1.29 is 23.9 Å². The van der Waals surface area contributed by atoms with Gasteiger partial charge in [0, 0.05) is 17.7 Å². The van der Waals surface area contributed by atoms with Gasteiger partial charge in [-0.2, -0.15) is 0 Å². The van der Waals surface area contributed by atoms with E-state index in [1.807, 2.05) is 42.5 Å². The highest BCUT2D eigenvalue weighted by molar-refractivity contribution is 8.13. The first-order valence-corrected chi connectivity index (χ1v) is 13.9. The van der Waals surface area contributed by atoms with Crippen LogP contribution in [0.25, 0.3) is 17.0 Å². The van der Waals surface area contributed by atoms with Gasteiger partial charge in [0.2, 0.25) is 9.70 Å². The lowest BCUT2D eigenvalue weighted by atomic mass is 10.2. The fraction of sp³-hybridized carbons (Fsp3) is 0.222. The van der Waals surface area contributed by atoms with Gasteiger partial charge in [0.1, 0.15) is 12.1 Å². The third-order valence-electron chi connectivity index (χ3n) is 5.12. The maximum absolute atomic E-state index is 12.7. The quantitative estimate of drug-likeness (QED) is 0.0756. The summed E-state index contributed by atoms with van der Waals surface area (Å²) in [7, 11) is 1.23. The summed E-state index contributed by atoms with van der Waals surface area (Å²) < 4.78 is 7.75. The van der Waals surface area contributed by atoms with Crippen molar-refractivity contribution in [2.24, 2.45) is 4.99 Å². The first-order chi connectivity index (χ1) is 19.2. The number of para-hydroxylation sites is 1. The highest BCUT2D eigenvalue weighted by Gasteiger charge is 2.34. The Balaban J connectivity index is 1.80. The number of carbonyl (C=O) groups excluding carboxylic acids is 3. The fourth-order valence-corrected chi connectivity index (χ4v) is 4.17. The molecule has 0 aliphatic carbocycles. The molecule has 9 nitrogen and oxygen atoms in total. The minimum absolute atomic E-state index is 0.112. The molecule has 0 bridgehead atoms. The highest BCUT2D eigenvalue weighted by Crippen LogP contribution is 2.30. The Morgan fingerprint density at radius 1 is 1.00 bits per heavy atom. The molecule has 0 aliphatic heterocycles. The van der Waals surface area contributed by atoms with E-state index in [4.69, 9.17) is 39.5 Å². The molecule has 2 N–H and O–H groups in total. The van der Waals surface area contributed by atoms with Gasteiger partial charge in [-0.15, -0.1) is 0 Å². The number of esters is 2. The summed E-state index contributed by atoms with van der Waals surface area (Å²) in [6.07, 6.45) is 3.06. The first kappa shape index (κ1) is 31.2. The maximum atomic E-state index is 12.7. The molecule has 1 heterocycles. The highest BCUT2D eigenvalue weighted by atomic mass is 35.6. The zero-order valence-corrected chi connectivity index (χ0v) is 24.3. The smallest absolute Gasteiger partial charge is 0.307 e. The van der Waals surface area contributed by atoms with Crippen LogP contribution in [0.4, 0.5) is 5.69 Å². The lowest BCUT2D eigenvalue weighted by Gasteiger charge is -2.27. The predicted octanol–water partition coefficient (Wildman–Crippen LogP) is 5.52. The average Bonchev–Trinajstić information content (AvgIpc) is 2.94. The molecule has 0 aliphatic rings. The minimum Gasteiger partial charge on any atom is -0.469 e. The molecule has 0 radical (unpaired) electrons. The number of methoxy groups -OCH3 is 1. The molecule has 3 aromatic rings. The van der Waals surface area contributed by atoms with Gasteiger partial charge in [-0.3, -0.25) is 19.4 Å². The maximum Gasteiger partial charge on any atom is 0.307 e. The molecule has 13 heteroatoms. The van der Waals surface area contributed by atoms with Gasteiger partial charge >= 0.3 is 11.9 Å². The number of amidine groups is 1. The van der Waals surface area contributed by atoms with Crippen LogP contribution in [0.5, 0.6) is 0 Å². The molecule has 2 aromatic carbocycles. The van der Waals surface area contributed by atoms with E-state index in [0.29, 0.717) is 11.2 Å². The van der Waals surface area contributed by atoms with Crippen LogP contribution >= 0.6 is 46.6 Å². The zero-order valence-electron chi connectivity index (χ0n) is 21.2. The van der Waals surface area contributed by atoms with Crippen LogP contribution < -0.4 is 10.6 Å². The van der Waals surface area contributed by atoms with Crippen molar-refractivity contribution in [3.63, 3.8) is 0 Å². The number of hydrogen-bond donors (Lipinski definition) is 2. The van der Waals surface area contributed by atoms with Crippen LogP contribution in [0.3, 0.4) is 0 Å². The summed E-state index contributed by atoms with van der Waals surface area (Å²) in [6, 6.07) is 18.3. The second-order valence-corrected chi connectivity index (χ2v) is 11.3. The van der Waals surface area contributed by atoms with E-state index in [2.05, 4.69) is 25.3 Å². The second-order valence-electron chi connectivity index (χ2n) is 8.00. The Morgan fingerprint density at radius 3 is 2.45 bits per heavy atom. The van der Waals surface area contributed by atoms with Crippen LogP contribution in [0.15, 0.2) is 77.9 Å². The van der Waals surface area contributed by atoms with Gasteiger partial charge < -0.3 is 20.1 Å². The van der Waals surface area contributed by atoms with Crippen molar-refractivity contribution >= 4 is 92.2 Å². The zero-order chi connectivity index (χ0) is 29.0. The summed E-state index contributed by atoms with van der Waals surface area (Å²) in [5, 5.41) is 6.56. The molecule has 1 amide bonds. The summed E-state index contributed by atoms with van der Waals surface area (Å²) in [5.41, 5.74) is 1.91. The van der Waals surface area contributed by atoms with Crippen LogP contribution in [0.2, 0.25) is 0 Å². The average molecular weight is 624 g/mol. The number of benzene rings is 2. The monoisotopic (exact) mass is 622 g/mol. The molecule has 40 heavy (non-hydrogen) atoms. The van der Waals surface area contributed by atoms with Gasteiger partial charge in [-0.25, -0.2) is 4.99 Å². The number of nitrogens with zero attached hydrogens (tertiary/aromatic N) is 2. The van der Waals surface area contributed by atoms with Crippen LogP contribution in [-0.4, -0.2) is 51.0 Å². The van der Waals surface area contributed by atoms with E-state index in [9.17, 15) is 14.4 Å². The molecule has 0 saturated heterocycles. The summed E-state index contributed by atoms with van der Waals surface area (Å²) in [4.78, 5) is 45.0. The second kappa shape index (κ2) is 15.5. The van der Waals surface area contributed by atoms with Crippen molar-refractivity contribution in [3.8, 4) is 0 Å². The number of alkyl halides is 3. The van der Waals surface area contributed by atoms with Gasteiger partial charge in [0.05, 0.1) is 31.2 Å². The van der Waals surface area contributed by atoms with E-state index in [1.165, 1.54) is 13.2 Å². The number of ether oxygens (including phenoxy) is 2. The van der Waals surface area contributed by atoms with Gasteiger partial charge in [0.15, 0.2) is 5.17 Å². The lowest BCUT2D eigenvalue weighted by Crippen LogP contribution is -2.54. The SMILES string of the molecule is COC(=O)CCC(=O)OCS/C(=N/c1cccc2cccnc12)NC(NC(=O)/C=C/c1ccccc1)C(Cl)(Cl)Cl. The molecule has 3 rings (SSSR count). The molecular weight excluding hydrogens is 599 g/mol. The molecule has 1 aromatic heterocycles. The third kappa shape index (κ3) is 10.3. The number of nitrogens with one attached hydrogen (secondary N) is 2. The number of fused-ring (bicyclic) bond motifs is 1.